The number of carbonyl (C=O) groups is 2. The third kappa shape index (κ3) is 2.83. The van der Waals surface area contributed by atoms with E-state index in [0.717, 1.165) is 0 Å². The molecule has 1 rings (SSSR count). The fourth-order valence-corrected chi connectivity index (χ4v) is 1.24. The van der Waals surface area contributed by atoms with Crippen LogP contribution in [0.25, 0.3) is 0 Å². The van der Waals surface area contributed by atoms with Gasteiger partial charge in [-0.15, -0.1) is 0 Å². The number of aliphatic hydroxyl groups excluding tert-OH is 1. The number of aliphatic carboxylic acids is 1. The molecule has 0 saturated heterocycles. The zero-order valence-electron chi connectivity index (χ0n) is 8.77. The molecule has 1 unspecified atom stereocenters. The summed E-state index contributed by atoms with van der Waals surface area (Å²) in [4.78, 5) is 22.3. The number of rotatable bonds is 5. The van der Waals surface area contributed by atoms with E-state index in [1.165, 1.54) is 12.3 Å². The number of nitrogens with one attached hydrogen (secondary N) is 1. The molecule has 0 fully saturated rings. The fourth-order valence-electron chi connectivity index (χ4n) is 1.24. The molecule has 1 aromatic heterocycles. The molecule has 0 bridgehead atoms. The average molecular weight is 227 g/mol. The molecular weight excluding hydrogens is 214 g/mol. The van der Waals surface area contributed by atoms with E-state index in [1.54, 1.807) is 6.92 Å². The van der Waals surface area contributed by atoms with E-state index in [4.69, 9.17) is 14.6 Å². The Hall–Kier alpha value is -1.82. The Kier molecular flexibility index (Phi) is 4.07. The lowest BCUT2D eigenvalue weighted by atomic mass is 10.2. The van der Waals surface area contributed by atoms with Crippen LogP contribution in [0.3, 0.4) is 0 Å². The lowest BCUT2D eigenvalue weighted by Crippen LogP contribution is -2.41. The van der Waals surface area contributed by atoms with Crippen LogP contribution in [0.2, 0.25) is 0 Å². The van der Waals surface area contributed by atoms with Gasteiger partial charge >= 0.3 is 5.97 Å². The summed E-state index contributed by atoms with van der Waals surface area (Å²) in [5.74, 6) is -1.28. The number of carbonyl (C=O) groups excluding carboxylic acids is 1. The monoisotopic (exact) mass is 227 g/mol. The molecule has 0 radical (unpaired) electrons. The first kappa shape index (κ1) is 12.3. The zero-order valence-corrected chi connectivity index (χ0v) is 8.77. The van der Waals surface area contributed by atoms with Gasteiger partial charge in [0.05, 0.1) is 11.8 Å². The first-order chi connectivity index (χ1) is 7.56. The summed E-state index contributed by atoms with van der Waals surface area (Å²) < 4.78 is 4.93. The van der Waals surface area contributed by atoms with Crippen molar-refractivity contribution in [3.63, 3.8) is 0 Å². The minimum absolute atomic E-state index is 0.0298. The predicted molar refractivity (Wildman–Crippen MR) is 54.0 cm³/mol. The highest BCUT2D eigenvalue weighted by Crippen LogP contribution is 2.08. The highest BCUT2D eigenvalue weighted by Gasteiger charge is 2.21. The lowest BCUT2D eigenvalue weighted by molar-refractivity contribution is -0.139. The van der Waals surface area contributed by atoms with Crippen LogP contribution in [0.5, 0.6) is 0 Å². The van der Waals surface area contributed by atoms with E-state index >= 15 is 0 Å². The topological polar surface area (TPSA) is 99.8 Å². The van der Waals surface area contributed by atoms with E-state index < -0.39 is 17.9 Å². The van der Waals surface area contributed by atoms with E-state index in [0.29, 0.717) is 11.3 Å². The molecule has 1 aromatic rings. The van der Waals surface area contributed by atoms with Gasteiger partial charge in [-0.05, 0) is 13.0 Å². The van der Waals surface area contributed by atoms with Crippen LogP contribution in [-0.2, 0) is 4.79 Å². The van der Waals surface area contributed by atoms with Crippen LogP contribution in [0.15, 0.2) is 16.7 Å². The van der Waals surface area contributed by atoms with Gasteiger partial charge in [-0.25, -0.2) is 4.79 Å². The first-order valence-corrected chi connectivity index (χ1v) is 4.75. The van der Waals surface area contributed by atoms with E-state index in [1.807, 2.05) is 0 Å². The number of amides is 1. The Morgan fingerprint density at radius 1 is 1.56 bits per heavy atom. The van der Waals surface area contributed by atoms with E-state index in [2.05, 4.69) is 5.32 Å². The van der Waals surface area contributed by atoms with Crippen LogP contribution in [0, 0.1) is 6.92 Å². The Balaban J connectivity index is 2.69. The Morgan fingerprint density at radius 3 is 2.69 bits per heavy atom. The van der Waals surface area contributed by atoms with Crippen molar-refractivity contribution in [3.8, 4) is 0 Å². The van der Waals surface area contributed by atoms with Gasteiger partial charge in [0, 0.05) is 13.0 Å². The van der Waals surface area contributed by atoms with Gasteiger partial charge in [-0.3, -0.25) is 4.79 Å². The molecule has 0 spiro atoms. The lowest BCUT2D eigenvalue weighted by Gasteiger charge is -2.12. The molecule has 3 N–H and O–H groups in total. The maximum absolute atomic E-state index is 11.6. The molecule has 6 nitrogen and oxygen atoms in total. The number of aryl methyl sites for hydroxylation is 1. The van der Waals surface area contributed by atoms with Gasteiger partial charge in [0.1, 0.15) is 11.8 Å². The molecule has 6 heteroatoms. The van der Waals surface area contributed by atoms with Gasteiger partial charge in [-0.2, -0.15) is 0 Å². The van der Waals surface area contributed by atoms with Crippen molar-refractivity contribution in [1.82, 2.24) is 5.32 Å². The van der Waals surface area contributed by atoms with Crippen LogP contribution in [0.4, 0.5) is 0 Å². The molecule has 16 heavy (non-hydrogen) atoms. The number of carboxylic acid groups (broad SMARTS) is 1. The maximum Gasteiger partial charge on any atom is 0.326 e. The zero-order chi connectivity index (χ0) is 12.1. The largest absolute Gasteiger partial charge is 0.480 e. The Morgan fingerprint density at radius 2 is 2.25 bits per heavy atom. The molecule has 1 heterocycles. The van der Waals surface area contributed by atoms with Gasteiger partial charge in [-0.1, -0.05) is 0 Å². The molecular formula is C10H13NO5. The summed E-state index contributed by atoms with van der Waals surface area (Å²) in [7, 11) is 0. The highest BCUT2D eigenvalue weighted by atomic mass is 16.4. The van der Waals surface area contributed by atoms with Crippen molar-refractivity contribution >= 4 is 11.9 Å². The summed E-state index contributed by atoms with van der Waals surface area (Å²) in [6, 6.07) is 0.370. The molecule has 1 atom stereocenters. The van der Waals surface area contributed by atoms with Crippen molar-refractivity contribution in [2.75, 3.05) is 6.61 Å². The second-order valence-electron chi connectivity index (χ2n) is 3.27. The summed E-state index contributed by atoms with van der Waals surface area (Å²) in [6.07, 6.45) is 1.32. The first-order valence-electron chi connectivity index (χ1n) is 4.75. The molecule has 88 valence electrons. The molecule has 0 aliphatic rings. The molecule has 0 aliphatic carbocycles. The molecule has 0 aromatic carbocycles. The van der Waals surface area contributed by atoms with Crippen molar-refractivity contribution in [2.45, 2.75) is 19.4 Å². The number of aliphatic hydroxyl groups is 1. The molecule has 1 amide bonds. The quantitative estimate of drug-likeness (QED) is 0.665. The van der Waals surface area contributed by atoms with Crippen LogP contribution in [0.1, 0.15) is 22.5 Å². The average Bonchev–Trinajstić information content (AvgIpc) is 2.63. The predicted octanol–water partition coefficient (Wildman–Crippen LogP) is 0.153. The van der Waals surface area contributed by atoms with Gasteiger partial charge in [0.15, 0.2) is 0 Å². The molecule has 0 saturated carbocycles. The number of furan rings is 1. The van der Waals surface area contributed by atoms with Gasteiger partial charge in [0.2, 0.25) is 0 Å². The maximum atomic E-state index is 11.6. The smallest absolute Gasteiger partial charge is 0.326 e. The third-order valence-electron chi connectivity index (χ3n) is 2.12. The van der Waals surface area contributed by atoms with E-state index in [9.17, 15) is 9.59 Å². The summed E-state index contributed by atoms with van der Waals surface area (Å²) in [5, 5.41) is 19.7. The Labute approximate surface area is 91.9 Å². The number of carboxylic acids is 1. The normalized spacial score (nSPS) is 12.1. The molecule has 0 aliphatic heterocycles. The van der Waals surface area contributed by atoms with Crippen LogP contribution < -0.4 is 5.32 Å². The van der Waals surface area contributed by atoms with Gasteiger partial charge in [0.25, 0.3) is 5.91 Å². The minimum atomic E-state index is -1.18. The summed E-state index contributed by atoms with van der Waals surface area (Å²) in [5.41, 5.74) is 0.296. The SMILES string of the molecule is Cc1occc1C(=O)NC(CCO)C(=O)O. The van der Waals surface area contributed by atoms with Crippen LogP contribution >= 0.6 is 0 Å². The standard InChI is InChI=1S/C10H13NO5/c1-6-7(3-5-16-6)9(13)11-8(2-4-12)10(14)15/h3,5,8,12H,2,4H2,1H3,(H,11,13)(H,14,15). The van der Waals surface area contributed by atoms with Crippen molar-refractivity contribution in [3.05, 3.63) is 23.7 Å². The fraction of sp³-hybridized carbons (Fsp3) is 0.400. The second kappa shape index (κ2) is 5.32. The van der Waals surface area contributed by atoms with Crippen molar-refractivity contribution < 1.29 is 24.2 Å². The van der Waals surface area contributed by atoms with Crippen molar-refractivity contribution in [2.24, 2.45) is 0 Å². The number of hydrogen-bond donors (Lipinski definition) is 3. The van der Waals surface area contributed by atoms with Gasteiger partial charge < -0.3 is 19.9 Å². The van der Waals surface area contributed by atoms with E-state index in [-0.39, 0.29) is 13.0 Å². The third-order valence-corrected chi connectivity index (χ3v) is 2.12. The summed E-state index contributed by atoms with van der Waals surface area (Å²) >= 11 is 0. The number of hydrogen-bond acceptors (Lipinski definition) is 4. The Bertz CT molecular complexity index is 384. The minimum Gasteiger partial charge on any atom is -0.480 e. The second-order valence-corrected chi connectivity index (χ2v) is 3.27. The van der Waals surface area contributed by atoms with Crippen molar-refractivity contribution in [1.29, 1.82) is 0 Å². The highest BCUT2D eigenvalue weighted by molar-refractivity contribution is 5.97. The van der Waals surface area contributed by atoms with Crippen LogP contribution in [-0.4, -0.2) is 34.7 Å². The summed E-state index contributed by atoms with van der Waals surface area (Å²) in [6.45, 7) is 1.30.